The van der Waals surface area contributed by atoms with E-state index < -0.39 is 0 Å². The molecule has 0 aliphatic rings. The third-order valence-corrected chi connectivity index (χ3v) is 8.11. The molecule has 0 saturated heterocycles. The SMILES string of the molecule is CC(C)(C)CC(C)(C)C.CC(C)(C)CCCC(C)(C)C.CC(C)(C)CCCCCC(C)(C)C.CC(C)COCCCC(C)(C)C.CCCCOCC(C)(C)C. The first-order valence-corrected chi connectivity index (χ1v) is 23.3. The van der Waals surface area contributed by atoms with Crippen LogP contribution in [0.4, 0.5) is 0 Å². The summed E-state index contributed by atoms with van der Waals surface area (Å²) in [6, 6.07) is 0. The fourth-order valence-electron chi connectivity index (χ4n) is 5.88. The summed E-state index contributed by atoms with van der Waals surface area (Å²) in [7, 11) is 0. The monoisotopic (exact) mass is 785 g/mol. The largest absolute Gasteiger partial charge is 0.381 e. The van der Waals surface area contributed by atoms with Gasteiger partial charge >= 0.3 is 0 Å². The Morgan fingerprint density at radius 2 is 0.636 bits per heavy atom. The molecule has 0 bridgehead atoms. The smallest absolute Gasteiger partial charge is 0.0514 e. The van der Waals surface area contributed by atoms with Gasteiger partial charge in [0.1, 0.15) is 0 Å². The van der Waals surface area contributed by atoms with Crippen molar-refractivity contribution in [3.8, 4) is 0 Å². The number of rotatable bonds is 15. The van der Waals surface area contributed by atoms with Gasteiger partial charge in [0.2, 0.25) is 0 Å². The Balaban J connectivity index is -0.000000190. The molecule has 0 aliphatic carbocycles. The maximum atomic E-state index is 5.49. The molecular weight excluding hydrogens is 669 g/mol. The summed E-state index contributed by atoms with van der Waals surface area (Å²) in [6.45, 7) is 65.2. The first kappa shape index (κ1) is 64.1. The van der Waals surface area contributed by atoms with Gasteiger partial charge in [-0.15, -0.1) is 0 Å². The Labute approximate surface area is 354 Å². The zero-order valence-corrected chi connectivity index (χ0v) is 44.4. The zero-order chi connectivity index (χ0) is 45.0. The highest BCUT2D eigenvalue weighted by Gasteiger charge is 2.20. The fourth-order valence-corrected chi connectivity index (χ4v) is 5.88. The van der Waals surface area contributed by atoms with E-state index in [1.165, 1.54) is 83.5 Å². The van der Waals surface area contributed by atoms with Crippen molar-refractivity contribution in [1.29, 1.82) is 0 Å². The van der Waals surface area contributed by atoms with E-state index in [1.54, 1.807) is 0 Å². The van der Waals surface area contributed by atoms with Crippen LogP contribution in [-0.4, -0.2) is 26.4 Å². The van der Waals surface area contributed by atoms with Gasteiger partial charge in [-0.05, 0) is 101 Å². The minimum Gasteiger partial charge on any atom is -0.381 e. The lowest BCUT2D eigenvalue weighted by molar-refractivity contribution is 0.0694. The lowest BCUT2D eigenvalue weighted by Crippen LogP contribution is -2.16. The van der Waals surface area contributed by atoms with Gasteiger partial charge in [-0.1, -0.05) is 219 Å². The van der Waals surface area contributed by atoms with E-state index in [9.17, 15) is 0 Å². The normalized spacial score (nSPS) is 13.1. The van der Waals surface area contributed by atoms with Crippen molar-refractivity contribution in [2.45, 2.75) is 270 Å². The van der Waals surface area contributed by atoms with Crippen molar-refractivity contribution in [1.82, 2.24) is 0 Å². The van der Waals surface area contributed by atoms with E-state index in [2.05, 4.69) is 187 Å². The molecule has 0 fully saturated rings. The van der Waals surface area contributed by atoms with Crippen LogP contribution in [0.2, 0.25) is 0 Å². The second-order valence-corrected chi connectivity index (χ2v) is 27.1. The minimum atomic E-state index is 0.327. The first-order valence-electron chi connectivity index (χ1n) is 23.3. The summed E-state index contributed by atoms with van der Waals surface area (Å²) in [5.41, 5.74) is 3.85. The highest BCUT2D eigenvalue weighted by molar-refractivity contribution is 4.71. The van der Waals surface area contributed by atoms with E-state index in [0.717, 1.165) is 26.4 Å². The van der Waals surface area contributed by atoms with Crippen molar-refractivity contribution >= 4 is 0 Å². The topological polar surface area (TPSA) is 18.5 Å². The van der Waals surface area contributed by atoms with Crippen LogP contribution >= 0.6 is 0 Å². The Kier molecular flexibility index (Phi) is 36.0. The second kappa shape index (κ2) is 30.9. The summed E-state index contributed by atoms with van der Waals surface area (Å²) >= 11 is 0. The zero-order valence-electron chi connectivity index (χ0n) is 44.4. The number of hydrogen-bond acceptors (Lipinski definition) is 2. The molecule has 340 valence electrons. The van der Waals surface area contributed by atoms with Crippen LogP contribution in [0.15, 0.2) is 0 Å². The number of hydrogen-bond donors (Lipinski definition) is 0. The summed E-state index contributed by atoms with van der Waals surface area (Å²) in [5, 5.41) is 0. The predicted octanol–water partition coefficient (Wildman–Crippen LogP) is 19.1. The first-order chi connectivity index (χ1) is 24.1. The van der Waals surface area contributed by atoms with Crippen molar-refractivity contribution in [3.05, 3.63) is 0 Å². The van der Waals surface area contributed by atoms with Crippen LogP contribution in [0, 0.1) is 49.2 Å². The summed E-state index contributed by atoms with van der Waals surface area (Å²) in [4.78, 5) is 0. The molecule has 0 spiro atoms. The van der Waals surface area contributed by atoms with Crippen LogP contribution in [0.3, 0.4) is 0 Å². The third kappa shape index (κ3) is 91.2. The molecule has 2 nitrogen and oxygen atoms in total. The van der Waals surface area contributed by atoms with Crippen LogP contribution in [-0.2, 0) is 9.47 Å². The van der Waals surface area contributed by atoms with Gasteiger partial charge in [0.15, 0.2) is 0 Å². The minimum absolute atomic E-state index is 0.327. The molecule has 0 atom stereocenters. The van der Waals surface area contributed by atoms with Crippen LogP contribution in [0.25, 0.3) is 0 Å². The van der Waals surface area contributed by atoms with Gasteiger partial charge in [-0.25, -0.2) is 0 Å². The second-order valence-electron chi connectivity index (χ2n) is 27.1. The molecule has 55 heavy (non-hydrogen) atoms. The molecular formula is C53H116O2. The molecule has 0 N–H and O–H groups in total. The van der Waals surface area contributed by atoms with Gasteiger partial charge in [0.25, 0.3) is 0 Å². The highest BCUT2D eigenvalue weighted by Crippen LogP contribution is 2.32. The molecule has 0 aromatic rings. The molecule has 0 aromatic heterocycles. The highest BCUT2D eigenvalue weighted by atomic mass is 16.5. The van der Waals surface area contributed by atoms with Gasteiger partial charge in [-0.2, -0.15) is 0 Å². The molecule has 0 amide bonds. The Hall–Kier alpha value is -0.0800. The van der Waals surface area contributed by atoms with Gasteiger partial charge in [-0.3, -0.25) is 0 Å². The number of unbranched alkanes of at least 4 members (excludes halogenated alkanes) is 3. The van der Waals surface area contributed by atoms with Crippen molar-refractivity contribution in [2.75, 3.05) is 26.4 Å². The number of ether oxygens (including phenoxy) is 2. The van der Waals surface area contributed by atoms with E-state index in [1.807, 2.05) is 0 Å². The summed E-state index contributed by atoms with van der Waals surface area (Å²) in [6.07, 6.45) is 17.2. The standard InChI is InChI=1S/C13H28.C11H24O.C11H24.C9H20O.C9H20/c1-12(2,3)10-8-7-9-11-13(4,5)6;1-10(2)9-12-8-6-7-11(3,4)5;1-10(2,3)8-7-9-11(4,5)6;1-5-6-7-10-8-9(2,3)4;1-8(2,3)7-9(4,5)6/h7-11H2,1-6H3;10H,6-9H2,1-5H3;7-9H2,1-6H3;5-8H2,1-4H3;7H2,1-6H3. The van der Waals surface area contributed by atoms with Crippen molar-refractivity contribution in [2.24, 2.45) is 49.2 Å². The average molecular weight is 786 g/mol. The molecule has 0 aromatic carbocycles. The van der Waals surface area contributed by atoms with E-state index in [4.69, 9.17) is 9.47 Å². The van der Waals surface area contributed by atoms with Gasteiger partial charge < -0.3 is 9.47 Å². The van der Waals surface area contributed by atoms with Gasteiger partial charge in [0, 0.05) is 19.8 Å². The quantitative estimate of drug-likeness (QED) is 0.154. The molecule has 0 rings (SSSR count). The Morgan fingerprint density at radius 3 is 0.891 bits per heavy atom. The van der Waals surface area contributed by atoms with E-state index >= 15 is 0 Å². The van der Waals surface area contributed by atoms with Crippen LogP contribution < -0.4 is 0 Å². The molecule has 0 aliphatic heterocycles. The van der Waals surface area contributed by atoms with Gasteiger partial charge in [0.05, 0.1) is 6.61 Å². The van der Waals surface area contributed by atoms with Crippen LogP contribution in [0.1, 0.15) is 270 Å². The Bertz CT molecular complexity index is 750. The summed E-state index contributed by atoms with van der Waals surface area (Å²) in [5.74, 6) is 0.666. The molecule has 0 radical (unpaired) electrons. The molecule has 2 heteroatoms. The maximum absolute atomic E-state index is 5.49. The Morgan fingerprint density at radius 1 is 0.327 bits per heavy atom. The fraction of sp³-hybridized carbons (Fsp3) is 1.00. The molecule has 0 heterocycles. The van der Waals surface area contributed by atoms with Crippen molar-refractivity contribution in [3.63, 3.8) is 0 Å². The molecule has 0 unspecified atom stereocenters. The lowest BCUT2D eigenvalue weighted by atomic mass is 9.78. The average Bonchev–Trinajstić information content (AvgIpc) is 2.86. The van der Waals surface area contributed by atoms with E-state index in [0.29, 0.717) is 49.2 Å². The van der Waals surface area contributed by atoms with E-state index in [-0.39, 0.29) is 0 Å². The molecule has 0 saturated carbocycles. The maximum Gasteiger partial charge on any atom is 0.0514 e. The lowest BCUT2D eigenvalue weighted by Gasteiger charge is -2.28. The predicted molar refractivity (Wildman–Crippen MR) is 258 cm³/mol. The van der Waals surface area contributed by atoms with Crippen molar-refractivity contribution < 1.29 is 9.47 Å². The third-order valence-electron chi connectivity index (χ3n) is 8.11. The summed E-state index contributed by atoms with van der Waals surface area (Å²) < 4.78 is 10.9. The van der Waals surface area contributed by atoms with Crippen LogP contribution in [0.5, 0.6) is 0 Å².